The maximum atomic E-state index is 13.0. The van der Waals surface area contributed by atoms with Crippen molar-refractivity contribution >= 4 is 28.9 Å². The van der Waals surface area contributed by atoms with Crippen LogP contribution >= 0.6 is 11.3 Å². The second-order valence-corrected chi connectivity index (χ2v) is 7.87. The third-order valence-corrected chi connectivity index (χ3v) is 5.69. The molecule has 2 aromatic carbocycles. The summed E-state index contributed by atoms with van der Waals surface area (Å²) in [4.78, 5) is 28.2. The van der Waals surface area contributed by atoms with Crippen molar-refractivity contribution in [3.63, 3.8) is 0 Å². The van der Waals surface area contributed by atoms with Crippen LogP contribution in [0.4, 0.5) is 5.69 Å². The first kappa shape index (κ1) is 20.6. The lowest BCUT2D eigenvalue weighted by atomic mass is 10.2. The van der Waals surface area contributed by atoms with E-state index >= 15 is 0 Å². The maximum absolute atomic E-state index is 13.0. The van der Waals surface area contributed by atoms with Gasteiger partial charge >= 0.3 is 5.97 Å². The van der Waals surface area contributed by atoms with Crippen molar-refractivity contribution in [2.75, 3.05) is 11.9 Å². The predicted octanol–water partition coefficient (Wildman–Crippen LogP) is 4.81. The second kappa shape index (κ2) is 8.97. The van der Waals surface area contributed by atoms with E-state index in [1.165, 1.54) is 16.2 Å². The minimum atomic E-state index is -0.956. The Hall–Kier alpha value is -3.71. The van der Waals surface area contributed by atoms with E-state index in [-0.39, 0.29) is 11.6 Å². The Labute approximate surface area is 184 Å². The molecule has 6 nitrogen and oxygen atoms in total. The van der Waals surface area contributed by atoms with E-state index in [0.29, 0.717) is 5.69 Å². The molecular formula is C24H21N3O3S. The van der Waals surface area contributed by atoms with Crippen molar-refractivity contribution in [2.45, 2.75) is 13.0 Å². The highest BCUT2D eigenvalue weighted by Gasteiger charge is 2.26. The lowest BCUT2D eigenvalue weighted by Crippen LogP contribution is -2.37. The van der Waals surface area contributed by atoms with Crippen LogP contribution in [-0.4, -0.2) is 34.8 Å². The minimum Gasteiger partial charge on any atom is -0.448 e. The molecule has 0 fully saturated rings. The summed E-state index contributed by atoms with van der Waals surface area (Å²) in [5.74, 6) is -0.926. The Kier molecular flexibility index (Phi) is 5.95. The number of thiophene rings is 1. The van der Waals surface area contributed by atoms with Crippen LogP contribution in [0.25, 0.3) is 16.3 Å². The van der Waals surface area contributed by atoms with Crippen LogP contribution in [0.15, 0.2) is 84.2 Å². The van der Waals surface area contributed by atoms with Gasteiger partial charge in [0.2, 0.25) is 0 Å². The molecule has 2 heterocycles. The number of carbonyl (C=O) groups is 2. The first-order valence-corrected chi connectivity index (χ1v) is 10.7. The molecule has 1 atom stereocenters. The molecule has 0 saturated carbocycles. The van der Waals surface area contributed by atoms with Crippen molar-refractivity contribution in [3.8, 4) is 16.3 Å². The zero-order chi connectivity index (χ0) is 21.8. The van der Waals surface area contributed by atoms with E-state index in [1.807, 2.05) is 78.2 Å². The SMILES string of the molecule is CC(OC(=O)c1cc(-c2cccs2)nn1-c1ccccc1)C(=O)N(C)c1ccccc1. The predicted molar refractivity (Wildman–Crippen MR) is 122 cm³/mol. The van der Waals surface area contributed by atoms with E-state index in [1.54, 1.807) is 24.7 Å². The number of amides is 1. The number of hydrogen-bond donors (Lipinski definition) is 0. The van der Waals surface area contributed by atoms with Gasteiger partial charge in [0.05, 0.1) is 10.6 Å². The van der Waals surface area contributed by atoms with Crippen LogP contribution in [0, 0.1) is 0 Å². The Bertz CT molecular complexity index is 1170. The molecule has 1 amide bonds. The van der Waals surface area contributed by atoms with E-state index in [0.717, 1.165) is 16.3 Å². The fourth-order valence-corrected chi connectivity index (χ4v) is 3.84. The molecule has 0 aliphatic carbocycles. The maximum Gasteiger partial charge on any atom is 0.357 e. The summed E-state index contributed by atoms with van der Waals surface area (Å²) in [6.45, 7) is 1.57. The molecule has 2 aromatic heterocycles. The van der Waals surface area contributed by atoms with Gasteiger partial charge in [-0.15, -0.1) is 11.3 Å². The van der Waals surface area contributed by atoms with Crippen LogP contribution in [-0.2, 0) is 9.53 Å². The van der Waals surface area contributed by atoms with E-state index in [2.05, 4.69) is 5.10 Å². The van der Waals surface area contributed by atoms with Gasteiger partial charge in [-0.2, -0.15) is 5.10 Å². The van der Waals surface area contributed by atoms with E-state index in [9.17, 15) is 9.59 Å². The van der Waals surface area contributed by atoms with Crippen LogP contribution in [0.1, 0.15) is 17.4 Å². The fourth-order valence-electron chi connectivity index (χ4n) is 3.16. The molecule has 0 bridgehead atoms. The number of likely N-dealkylation sites (N-methyl/N-ethyl adjacent to an activating group) is 1. The molecule has 0 saturated heterocycles. The first-order chi connectivity index (χ1) is 15.0. The van der Waals surface area contributed by atoms with Gasteiger partial charge in [-0.05, 0) is 42.6 Å². The summed E-state index contributed by atoms with van der Waals surface area (Å²) in [6.07, 6.45) is -0.956. The van der Waals surface area contributed by atoms with Gasteiger partial charge in [0, 0.05) is 18.8 Å². The number of ether oxygens (including phenoxy) is 1. The number of hydrogen-bond acceptors (Lipinski definition) is 5. The molecule has 0 aliphatic rings. The van der Waals surface area contributed by atoms with Crippen molar-refractivity contribution < 1.29 is 14.3 Å². The third kappa shape index (κ3) is 4.41. The van der Waals surface area contributed by atoms with Gasteiger partial charge in [0.25, 0.3) is 5.91 Å². The number of anilines is 1. The highest BCUT2D eigenvalue weighted by atomic mass is 32.1. The summed E-state index contributed by atoms with van der Waals surface area (Å²) in [7, 11) is 1.66. The van der Waals surface area contributed by atoms with Gasteiger partial charge in [-0.1, -0.05) is 42.5 Å². The number of nitrogens with zero attached hydrogens (tertiary/aromatic N) is 3. The van der Waals surface area contributed by atoms with E-state index < -0.39 is 12.1 Å². The van der Waals surface area contributed by atoms with Gasteiger partial charge in [-0.3, -0.25) is 4.79 Å². The Balaban J connectivity index is 1.59. The van der Waals surface area contributed by atoms with E-state index in [4.69, 9.17) is 4.74 Å². The number of benzene rings is 2. The number of rotatable bonds is 6. The molecule has 4 aromatic rings. The average Bonchev–Trinajstić information content (AvgIpc) is 3.49. The zero-order valence-corrected chi connectivity index (χ0v) is 18.0. The van der Waals surface area contributed by atoms with Crippen LogP contribution in [0.5, 0.6) is 0 Å². The normalized spacial score (nSPS) is 11.7. The topological polar surface area (TPSA) is 64.4 Å². The highest BCUT2D eigenvalue weighted by Crippen LogP contribution is 2.26. The Morgan fingerprint density at radius 1 is 1.00 bits per heavy atom. The quantitative estimate of drug-likeness (QED) is 0.411. The number of para-hydroxylation sites is 2. The molecule has 0 aliphatic heterocycles. The lowest BCUT2D eigenvalue weighted by Gasteiger charge is -2.21. The molecule has 31 heavy (non-hydrogen) atoms. The average molecular weight is 432 g/mol. The Morgan fingerprint density at radius 2 is 1.68 bits per heavy atom. The van der Waals surface area contributed by atoms with Gasteiger partial charge in [-0.25, -0.2) is 9.48 Å². The molecule has 1 unspecified atom stereocenters. The molecule has 0 radical (unpaired) electrons. The summed E-state index contributed by atoms with van der Waals surface area (Å²) in [6, 6.07) is 24.1. The molecule has 4 rings (SSSR count). The summed E-state index contributed by atoms with van der Waals surface area (Å²) in [5.41, 5.74) is 2.39. The third-order valence-electron chi connectivity index (χ3n) is 4.80. The van der Waals surface area contributed by atoms with Crippen molar-refractivity contribution in [3.05, 3.63) is 89.9 Å². The van der Waals surface area contributed by atoms with Crippen LogP contribution in [0.2, 0.25) is 0 Å². The summed E-state index contributed by atoms with van der Waals surface area (Å²) >= 11 is 1.54. The highest BCUT2D eigenvalue weighted by molar-refractivity contribution is 7.13. The molecule has 156 valence electrons. The van der Waals surface area contributed by atoms with Gasteiger partial charge < -0.3 is 9.64 Å². The minimum absolute atomic E-state index is 0.261. The molecule has 7 heteroatoms. The zero-order valence-electron chi connectivity index (χ0n) is 17.1. The van der Waals surface area contributed by atoms with Crippen molar-refractivity contribution in [1.82, 2.24) is 9.78 Å². The van der Waals surface area contributed by atoms with Crippen LogP contribution in [0.3, 0.4) is 0 Å². The second-order valence-electron chi connectivity index (χ2n) is 6.92. The van der Waals surface area contributed by atoms with Gasteiger partial charge in [0.1, 0.15) is 5.69 Å². The first-order valence-electron chi connectivity index (χ1n) is 9.77. The molecule has 0 spiro atoms. The smallest absolute Gasteiger partial charge is 0.357 e. The molecule has 0 N–H and O–H groups in total. The monoisotopic (exact) mass is 431 g/mol. The number of esters is 1. The largest absolute Gasteiger partial charge is 0.448 e. The fraction of sp³-hybridized carbons (Fsp3) is 0.125. The number of carbonyl (C=O) groups excluding carboxylic acids is 2. The lowest BCUT2D eigenvalue weighted by molar-refractivity contribution is -0.126. The number of aromatic nitrogens is 2. The summed E-state index contributed by atoms with van der Waals surface area (Å²) in [5, 5.41) is 6.56. The Morgan fingerprint density at radius 3 is 2.32 bits per heavy atom. The van der Waals surface area contributed by atoms with Gasteiger partial charge in [0.15, 0.2) is 11.8 Å². The standard InChI is InChI=1S/C24H21N3O3S/c1-17(23(28)26(2)18-10-5-3-6-11-18)30-24(29)21-16-20(22-14-9-15-31-22)25-27(21)19-12-7-4-8-13-19/h3-17H,1-2H3. The summed E-state index contributed by atoms with van der Waals surface area (Å²) < 4.78 is 7.10. The van der Waals surface area contributed by atoms with Crippen LogP contribution < -0.4 is 4.90 Å². The van der Waals surface area contributed by atoms with Crippen molar-refractivity contribution in [2.24, 2.45) is 0 Å². The van der Waals surface area contributed by atoms with Crippen molar-refractivity contribution in [1.29, 1.82) is 0 Å². The molecular weight excluding hydrogens is 410 g/mol.